The van der Waals surface area contributed by atoms with Gasteiger partial charge in [0.2, 0.25) is 0 Å². The number of benzene rings is 2. The van der Waals surface area contributed by atoms with Crippen molar-refractivity contribution in [3.63, 3.8) is 0 Å². The Labute approximate surface area is 174 Å². The van der Waals surface area contributed by atoms with E-state index in [1.807, 2.05) is 36.5 Å². The van der Waals surface area contributed by atoms with E-state index in [0.717, 1.165) is 34.5 Å². The number of fused-ring (bicyclic) bond motifs is 1. The fraction of sp³-hybridized carbons (Fsp3) is 0.273. The van der Waals surface area contributed by atoms with Gasteiger partial charge in [-0.1, -0.05) is 42.1 Å². The molecule has 0 aliphatic carbocycles. The van der Waals surface area contributed by atoms with Crippen molar-refractivity contribution < 1.29 is 4.74 Å². The summed E-state index contributed by atoms with van der Waals surface area (Å²) in [7, 11) is 1.68. The number of H-pyrrole nitrogens is 1. The number of hydrogen-bond donors (Lipinski definition) is 2. The second-order valence-corrected chi connectivity index (χ2v) is 7.84. The van der Waals surface area contributed by atoms with Crippen molar-refractivity contribution in [2.24, 2.45) is 5.73 Å². The molecule has 0 aliphatic rings. The van der Waals surface area contributed by atoms with Crippen LogP contribution in [0.2, 0.25) is 0 Å². The molecule has 0 spiro atoms. The Bertz CT molecular complexity index is 1100. The second-order valence-electron chi connectivity index (χ2n) is 6.90. The van der Waals surface area contributed by atoms with E-state index in [4.69, 9.17) is 10.5 Å². The molecule has 0 saturated carbocycles. The number of aromatic nitrogens is 4. The van der Waals surface area contributed by atoms with Gasteiger partial charge in [-0.2, -0.15) is 0 Å². The van der Waals surface area contributed by atoms with Crippen molar-refractivity contribution in [3.05, 3.63) is 71.7 Å². The molecule has 7 heteroatoms. The maximum Gasteiger partial charge on any atom is 0.191 e. The third-order valence-corrected chi connectivity index (χ3v) is 6.05. The number of para-hydroxylation sites is 1. The van der Waals surface area contributed by atoms with Gasteiger partial charge in [0.1, 0.15) is 5.75 Å². The van der Waals surface area contributed by atoms with Crippen molar-refractivity contribution in [2.45, 2.75) is 36.8 Å². The third kappa shape index (κ3) is 4.16. The molecule has 4 rings (SSSR count). The summed E-state index contributed by atoms with van der Waals surface area (Å²) in [6.45, 7) is 2.88. The van der Waals surface area contributed by atoms with E-state index in [1.165, 1.54) is 16.5 Å². The van der Waals surface area contributed by atoms with Gasteiger partial charge in [0.25, 0.3) is 0 Å². The molecule has 150 valence electrons. The van der Waals surface area contributed by atoms with Gasteiger partial charge in [-0.25, -0.2) is 0 Å². The Balaban J connectivity index is 1.50. The monoisotopic (exact) mass is 407 g/mol. The minimum atomic E-state index is -0.215. The minimum Gasteiger partial charge on any atom is -0.497 e. The SMILES string of the molecule is CCn1c(SCc2cccc(OC)c2)nnc1C(N)Cc1c[nH]c2ccccc12. The van der Waals surface area contributed by atoms with Gasteiger partial charge in [0, 0.05) is 29.4 Å². The lowest BCUT2D eigenvalue weighted by Gasteiger charge is -2.13. The van der Waals surface area contributed by atoms with Crippen LogP contribution >= 0.6 is 11.8 Å². The number of nitrogens with zero attached hydrogens (tertiary/aromatic N) is 3. The maximum absolute atomic E-state index is 6.55. The fourth-order valence-electron chi connectivity index (χ4n) is 3.52. The molecule has 3 N–H and O–H groups in total. The first-order valence-corrected chi connectivity index (χ1v) is 10.7. The Kier molecular flexibility index (Phi) is 5.87. The largest absolute Gasteiger partial charge is 0.497 e. The van der Waals surface area contributed by atoms with E-state index in [0.29, 0.717) is 6.42 Å². The summed E-state index contributed by atoms with van der Waals surface area (Å²) in [4.78, 5) is 3.31. The topological polar surface area (TPSA) is 81.8 Å². The molecule has 0 radical (unpaired) electrons. The third-order valence-electron chi connectivity index (χ3n) is 5.01. The molecule has 4 aromatic rings. The Morgan fingerprint density at radius 2 is 2.03 bits per heavy atom. The van der Waals surface area contributed by atoms with E-state index >= 15 is 0 Å². The first-order chi connectivity index (χ1) is 14.2. The van der Waals surface area contributed by atoms with Crippen molar-refractivity contribution in [3.8, 4) is 5.75 Å². The van der Waals surface area contributed by atoms with Crippen molar-refractivity contribution >= 4 is 22.7 Å². The second kappa shape index (κ2) is 8.71. The Hall–Kier alpha value is -2.77. The van der Waals surface area contributed by atoms with Crippen molar-refractivity contribution in [1.82, 2.24) is 19.7 Å². The maximum atomic E-state index is 6.55. The van der Waals surface area contributed by atoms with Crippen LogP contribution in [0.5, 0.6) is 5.75 Å². The average molecular weight is 408 g/mol. The Morgan fingerprint density at radius 1 is 1.17 bits per heavy atom. The molecule has 2 aromatic heterocycles. The summed E-state index contributed by atoms with van der Waals surface area (Å²) in [6.07, 6.45) is 2.75. The summed E-state index contributed by atoms with van der Waals surface area (Å²) >= 11 is 1.66. The summed E-state index contributed by atoms with van der Waals surface area (Å²) in [5.74, 6) is 2.49. The molecule has 2 aromatic carbocycles. The number of thioether (sulfide) groups is 1. The zero-order chi connectivity index (χ0) is 20.2. The molecule has 0 aliphatic heterocycles. The van der Waals surface area contributed by atoms with Gasteiger partial charge >= 0.3 is 0 Å². The molecular formula is C22H25N5OS. The van der Waals surface area contributed by atoms with E-state index in [2.05, 4.69) is 44.9 Å². The molecule has 29 heavy (non-hydrogen) atoms. The summed E-state index contributed by atoms with van der Waals surface area (Å²) in [5, 5.41) is 10.9. The number of nitrogens with one attached hydrogen (secondary N) is 1. The van der Waals surface area contributed by atoms with Crippen LogP contribution in [-0.4, -0.2) is 26.9 Å². The molecular weight excluding hydrogens is 382 g/mol. The molecule has 1 atom stereocenters. The van der Waals surface area contributed by atoms with Crippen LogP contribution in [0.3, 0.4) is 0 Å². The fourth-order valence-corrected chi connectivity index (χ4v) is 4.47. The highest BCUT2D eigenvalue weighted by Crippen LogP contribution is 2.27. The number of rotatable bonds is 8. The van der Waals surface area contributed by atoms with Crippen LogP contribution in [0.15, 0.2) is 59.9 Å². The Morgan fingerprint density at radius 3 is 2.86 bits per heavy atom. The molecule has 0 fully saturated rings. The highest BCUT2D eigenvalue weighted by atomic mass is 32.2. The van der Waals surface area contributed by atoms with Crippen molar-refractivity contribution in [2.75, 3.05) is 7.11 Å². The summed E-state index contributed by atoms with van der Waals surface area (Å²) < 4.78 is 7.42. The molecule has 6 nitrogen and oxygen atoms in total. The number of nitrogens with two attached hydrogens (primary N) is 1. The van der Waals surface area contributed by atoms with Gasteiger partial charge in [0.05, 0.1) is 13.2 Å². The first kappa shape index (κ1) is 19.5. The van der Waals surface area contributed by atoms with E-state index < -0.39 is 0 Å². The molecule has 2 heterocycles. The quantitative estimate of drug-likeness (QED) is 0.425. The average Bonchev–Trinajstić information content (AvgIpc) is 3.36. The zero-order valence-corrected chi connectivity index (χ0v) is 17.4. The number of aromatic amines is 1. The highest BCUT2D eigenvalue weighted by Gasteiger charge is 2.19. The molecule has 1 unspecified atom stereocenters. The van der Waals surface area contributed by atoms with E-state index in [1.54, 1.807) is 18.9 Å². The van der Waals surface area contributed by atoms with E-state index in [9.17, 15) is 0 Å². The predicted octanol–water partition coefficient (Wildman–Crippen LogP) is 4.32. The highest BCUT2D eigenvalue weighted by molar-refractivity contribution is 7.98. The van der Waals surface area contributed by atoms with Crippen LogP contribution in [0.4, 0.5) is 0 Å². The lowest BCUT2D eigenvalue weighted by molar-refractivity contribution is 0.414. The lowest BCUT2D eigenvalue weighted by Crippen LogP contribution is -2.19. The van der Waals surface area contributed by atoms with Crippen LogP contribution in [0, 0.1) is 0 Å². The van der Waals surface area contributed by atoms with Gasteiger partial charge in [-0.15, -0.1) is 10.2 Å². The van der Waals surface area contributed by atoms with Crippen LogP contribution in [0.25, 0.3) is 10.9 Å². The van der Waals surface area contributed by atoms with E-state index in [-0.39, 0.29) is 6.04 Å². The first-order valence-electron chi connectivity index (χ1n) is 9.69. The zero-order valence-electron chi connectivity index (χ0n) is 16.6. The van der Waals surface area contributed by atoms with Crippen LogP contribution < -0.4 is 10.5 Å². The minimum absolute atomic E-state index is 0.215. The van der Waals surface area contributed by atoms with Crippen molar-refractivity contribution in [1.29, 1.82) is 0 Å². The lowest BCUT2D eigenvalue weighted by atomic mass is 10.1. The summed E-state index contributed by atoms with van der Waals surface area (Å²) in [5.41, 5.74) is 10.1. The standard InChI is InChI=1S/C22H25N5OS/c1-3-27-21(19(23)12-16-13-24-20-10-5-4-9-18(16)20)25-26-22(27)29-14-15-7-6-8-17(11-15)28-2/h4-11,13,19,24H,3,12,14,23H2,1-2H3. The van der Waals surface area contributed by atoms with Crippen LogP contribution in [-0.2, 0) is 18.7 Å². The van der Waals surface area contributed by atoms with Gasteiger partial charge in [-0.05, 0) is 42.7 Å². The number of hydrogen-bond acceptors (Lipinski definition) is 5. The van der Waals surface area contributed by atoms with Gasteiger partial charge in [0.15, 0.2) is 11.0 Å². The molecule has 0 bridgehead atoms. The number of ether oxygens (including phenoxy) is 1. The molecule has 0 amide bonds. The van der Waals surface area contributed by atoms with Crippen LogP contribution in [0.1, 0.15) is 29.9 Å². The normalized spacial score (nSPS) is 12.4. The van der Waals surface area contributed by atoms with Gasteiger partial charge in [-0.3, -0.25) is 0 Å². The predicted molar refractivity (Wildman–Crippen MR) is 117 cm³/mol. The summed E-state index contributed by atoms with van der Waals surface area (Å²) in [6, 6.07) is 16.1. The number of methoxy groups -OCH3 is 1. The molecule has 0 saturated heterocycles. The van der Waals surface area contributed by atoms with Gasteiger partial charge < -0.3 is 20.0 Å². The smallest absolute Gasteiger partial charge is 0.191 e.